The third-order valence-electron chi connectivity index (χ3n) is 3.68. The Morgan fingerprint density at radius 3 is 1.96 bits per heavy atom. The lowest BCUT2D eigenvalue weighted by molar-refractivity contribution is -0.384. The fourth-order valence-corrected chi connectivity index (χ4v) is 2.51. The van der Waals surface area contributed by atoms with Gasteiger partial charge in [-0.2, -0.15) is 0 Å². The lowest BCUT2D eigenvalue weighted by Gasteiger charge is -2.09. The van der Waals surface area contributed by atoms with E-state index in [1.165, 1.54) is 12.1 Å². The van der Waals surface area contributed by atoms with Gasteiger partial charge in [-0.05, 0) is 41.5 Å². The summed E-state index contributed by atoms with van der Waals surface area (Å²) in [5.41, 5.74) is 1.64. The van der Waals surface area contributed by atoms with Crippen molar-refractivity contribution >= 4 is 17.3 Å². The molecular formula is C20H16ClNO4. The monoisotopic (exact) mass is 369 g/mol. The van der Waals surface area contributed by atoms with Crippen LogP contribution in [0.4, 0.5) is 5.69 Å². The summed E-state index contributed by atoms with van der Waals surface area (Å²) in [5.74, 6) is 1.39. The van der Waals surface area contributed by atoms with Crippen LogP contribution in [0.2, 0.25) is 5.02 Å². The van der Waals surface area contributed by atoms with Crippen molar-refractivity contribution in [1.29, 1.82) is 0 Å². The first-order chi connectivity index (χ1) is 12.6. The van der Waals surface area contributed by atoms with E-state index in [2.05, 4.69) is 0 Å². The Morgan fingerprint density at radius 1 is 0.808 bits per heavy atom. The quantitative estimate of drug-likeness (QED) is 0.413. The summed E-state index contributed by atoms with van der Waals surface area (Å²) < 4.78 is 11.4. The third-order valence-corrected chi connectivity index (χ3v) is 4.00. The van der Waals surface area contributed by atoms with Crippen LogP contribution >= 0.6 is 11.6 Å². The van der Waals surface area contributed by atoms with Crippen molar-refractivity contribution in [2.24, 2.45) is 0 Å². The number of hydrogen-bond donors (Lipinski definition) is 0. The highest BCUT2D eigenvalue weighted by Crippen LogP contribution is 2.26. The van der Waals surface area contributed by atoms with Crippen molar-refractivity contribution in [2.45, 2.75) is 13.2 Å². The predicted octanol–water partition coefficient (Wildman–Crippen LogP) is 5.41. The Kier molecular flexibility index (Phi) is 5.71. The molecule has 0 radical (unpaired) electrons. The molecule has 26 heavy (non-hydrogen) atoms. The molecule has 0 saturated carbocycles. The number of hydrogen-bond acceptors (Lipinski definition) is 4. The molecule has 132 valence electrons. The first kappa shape index (κ1) is 17.8. The number of halogens is 1. The van der Waals surface area contributed by atoms with Gasteiger partial charge < -0.3 is 9.47 Å². The number of nitrogens with zero attached hydrogens (tertiary/aromatic N) is 1. The largest absolute Gasteiger partial charge is 0.489 e. The van der Waals surface area contributed by atoms with E-state index in [9.17, 15) is 10.1 Å². The van der Waals surface area contributed by atoms with Crippen LogP contribution in [-0.4, -0.2) is 4.92 Å². The Bertz CT molecular complexity index is 882. The molecule has 0 aliphatic heterocycles. The van der Waals surface area contributed by atoms with Gasteiger partial charge in [0.1, 0.15) is 29.7 Å². The zero-order valence-electron chi connectivity index (χ0n) is 13.8. The number of nitro benzene ring substituents is 1. The molecule has 0 bridgehead atoms. The van der Waals surface area contributed by atoms with Gasteiger partial charge in [0, 0.05) is 6.07 Å². The van der Waals surface area contributed by atoms with Gasteiger partial charge in [0.05, 0.1) is 4.92 Å². The second-order valence-electron chi connectivity index (χ2n) is 5.58. The SMILES string of the molecule is O=[N+]([O-])c1cc(COc2ccc(OCc3ccccc3)cc2)ccc1Cl. The van der Waals surface area contributed by atoms with Crippen LogP contribution in [-0.2, 0) is 13.2 Å². The molecule has 0 fully saturated rings. The van der Waals surface area contributed by atoms with Crippen LogP contribution < -0.4 is 9.47 Å². The molecule has 0 aliphatic rings. The minimum Gasteiger partial charge on any atom is -0.489 e. The van der Waals surface area contributed by atoms with Gasteiger partial charge in [-0.15, -0.1) is 0 Å². The highest BCUT2D eigenvalue weighted by molar-refractivity contribution is 6.32. The molecule has 0 saturated heterocycles. The Labute approximate surface area is 155 Å². The predicted molar refractivity (Wildman–Crippen MR) is 99.7 cm³/mol. The fourth-order valence-electron chi connectivity index (χ4n) is 2.33. The summed E-state index contributed by atoms with van der Waals surface area (Å²) in [7, 11) is 0. The van der Waals surface area contributed by atoms with Crippen molar-refractivity contribution < 1.29 is 14.4 Å². The Hall–Kier alpha value is -3.05. The molecular weight excluding hydrogens is 354 g/mol. The van der Waals surface area contributed by atoms with Gasteiger partial charge in [0.15, 0.2) is 0 Å². The maximum absolute atomic E-state index is 10.9. The first-order valence-electron chi connectivity index (χ1n) is 7.94. The molecule has 0 heterocycles. The lowest BCUT2D eigenvalue weighted by Crippen LogP contribution is -1.98. The number of rotatable bonds is 7. The highest BCUT2D eigenvalue weighted by Gasteiger charge is 2.12. The van der Waals surface area contributed by atoms with Crippen LogP contribution in [0.15, 0.2) is 72.8 Å². The fraction of sp³-hybridized carbons (Fsp3) is 0.100. The molecule has 0 aliphatic carbocycles. The molecule has 3 aromatic carbocycles. The van der Waals surface area contributed by atoms with Crippen LogP contribution in [0.25, 0.3) is 0 Å². The Morgan fingerprint density at radius 2 is 1.38 bits per heavy atom. The lowest BCUT2D eigenvalue weighted by atomic mass is 10.2. The molecule has 3 rings (SSSR count). The summed E-state index contributed by atoms with van der Waals surface area (Å²) >= 11 is 5.80. The molecule has 6 heteroatoms. The van der Waals surface area contributed by atoms with Crippen LogP contribution in [0.5, 0.6) is 11.5 Å². The maximum Gasteiger partial charge on any atom is 0.288 e. The minimum absolute atomic E-state index is 0.110. The van der Waals surface area contributed by atoms with E-state index in [4.69, 9.17) is 21.1 Å². The second kappa shape index (κ2) is 8.36. The first-order valence-corrected chi connectivity index (χ1v) is 8.32. The van der Waals surface area contributed by atoms with Crippen molar-refractivity contribution in [3.05, 3.63) is 99.1 Å². The topological polar surface area (TPSA) is 61.6 Å². The van der Waals surface area contributed by atoms with E-state index in [-0.39, 0.29) is 17.3 Å². The van der Waals surface area contributed by atoms with Crippen molar-refractivity contribution in [1.82, 2.24) is 0 Å². The van der Waals surface area contributed by atoms with Crippen molar-refractivity contribution in [3.63, 3.8) is 0 Å². The molecule has 0 N–H and O–H groups in total. The summed E-state index contributed by atoms with van der Waals surface area (Å²) in [5, 5.41) is 11.0. The van der Waals surface area contributed by atoms with Crippen molar-refractivity contribution in [3.8, 4) is 11.5 Å². The molecule has 0 spiro atoms. The van der Waals surface area contributed by atoms with E-state index in [1.807, 2.05) is 42.5 Å². The van der Waals surface area contributed by atoms with Gasteiger partial charge in [-0.25, -0.2) is 0 Å². The van der Waals surface area contributed by atoms with Crippen LogP contribution in [0.3, 0.4) is 0 Å². The van der Waals surface area contributed by atoms with Gasteiger partial charge in [0.2, 0.25) is 0 Å². The van der Waals surface area contributed by atoms with Gasteiger partial charge >= 0.3 is 0 Å². The molecule has 0 amide bonds. The van der Waals surface area contributed by atoms with Crippen LogP contribution in [0, 0.1) is 10.1 Å². The second-order valence-corrected chi connectivity index (χ2v) is 5.98. The van der Waals surface area contributed by atoms with E-state index in [0.29, 0.717) is 17.9 Å². The Balaban J connectivity index is 1.56. The van der Waals surface area contributed by atoms with Gasteiger partial charge in [-0.1, -0.05) is 48.0 Å². The summed E-state index contributed by atoms with van der Waals surface area (Å²) in [6.45, 7) is 0.706. The number of nitro groups is 1. The summed E-state index contributed by atoms with van der Waals surface area (Å²) in [6, 6.07) is 21.8. The van der Waals surface area contributed by atoms with Gasteiger partial charge in [-0.3, -0.25) is 10.1 Å². The van der Waals surface area contributed by atoms with E-state index >= 15 is 0 Å². The summed E-state index contributed by atoms with van der Waals surface area (Å²) in [4.78, 5) is 10.4. The normalized spacial score (nSPS) is 10.3. The average Bonchev–Trinajstić information content (AvgIpc) is 2.67. The number of ether oxygens (including phenoxy) is 2. The zero-order valence-corrected chi connectivity index (χ0v) is 14.6. The minimum atomic E-state index is -0.509. The smallest absolute Gasteiger partial charge is 0.288 e. The third kappa shape index (κ3) is 4.74. The zero-order chi connectivity index (χ0) is 18.4. The molecule has 3 aromatic rings. The standard InChI is InChI=1S/C20H16ClNO4/c21-19-11-6-16(12-20(19)22(23)24)14-26-18-9-7-17(8-10-18)25-13-15-4-2-1-3-5-15/h1-12H,13-14H2. The van der Waals surface area contributed by atoms with Gasteiger partial charge in [0.25, 0.3) is 5.69 Å². The molecule has 0 unspecified atom stereocenters. The van der Waals surface area contributed by atoms with E-state index in [1.54, 1.807) is 18.2 Å². The van der Waals surface area contributed by atoms with Crippen molar-refractivity contribution in [2.75, 3.05) is 0 Å². The van der Waals surface area contributed by atoms with Crippen LogP contribution in [0.1, 0.15) is 11.1 Å². The maximum atomic E-state index is 10.9. The molecule has 0 aromatic heterocycles. The van der Waals surface area contributed by atoms with E-state index < -0.39 is 4.92 Å². The average molecular weight is 370 g/mol. The summed E-state index contributed by atoms with van der Waals surface area (Å²) in [6.07, 6.45) is 0. The highest BCUT2D eigenvalue weighted by atomic mass is 35.5. The number of benzene rings is 3. The molecule has 5 nitrogen and oxygen atoms in total. The molecule has 0 atom stereocenters. The van der Waals surface area contributed by atoms with E-state index in [0.717, 1.165) is 11.3 Å².